The highest BCUT2D eigenvalue weighted by Gasteiger charge is 2.38. The van der Waals surface area contributed by atoms with Gasteiger partial charge in [-0.3, -0.25) is 0 Å². The largest absolute Gasteiger partial charge is 0.312 e. The Morgan fingerprint density at radius 3 is 2.65 bits per heavy atom. The van der Waals surface area contributed by atoms with E-state index in [1.807, 2.05) is 6.07 Å². The van der Waals surface area contributed by atoms with Gasteiger partial charge in [0.25, 0.3) is 0 Å². The lowest BCUT2D eigenvalue weighted by Crippen LogP contribution is -2.37. The van der Waals surface area contributed by atoms with E-state index in [9.17, 15) is 4.39 Å². The van der Waals surface area contributed by atoms with Gasteiger partial charge in [-0.15, -0.1) is 0 Å². The lowest BCUT2D eigenvalue weighted by molar-refractivity contribution is 0.414. The topological polar surface area (TPSA) is 12.0 Å². The Kier molecular flexibility index (Phi) is 3.46. The summed E-state index contributed by atoms with van der Waals surface area (Å²) in [5.74, 6) is 0.854. The van der Waals surface area contributed by atoms with E-state index in [0.29, 0.717) is 16.9 Å². The maximum atomic E-state index is 13.2. The minimum atomic E-state index is -0.234. The third-order valence-electron chi connectivity index (χ3n) is 3.13. The molecule has 0 bridgehead atoms. The van der Waals surface area contributed by atoms with Crippen molar-refractivity contribution in [3.63, 3.8) is 0 Å². The summed E-state index contributed by atoms with van der Waals surface area (Å²) in [7, 11) is 0. The van der Waals surface area contributed by atoms with E-state index in [2.05, 4.69) is 26.1 Å². The Morgan fingerprint density at radius 2 is 2.06 bits per heavy atom. The monoisotopic (exact) mass is 255 g/mol. The number of halogens is 2. The average molecular weight is 256 g/mol. The van der Waals surface area contributed by atoms with E-state index in [0.717, 1.165) is 18.5 Å². The van der Waals surface area contributed by atoms with E-state index in [-0.39, 0.29) is 11.4 Å². The summed E-state index contributed by atoms with van der Waals surface area (Å²) in [6, 6.07) is 4.84. The second-order valence-corrected chi connectivity index (χ2v) is 6.37. The van der Waals surface area contributed by atoms with Crippen molar-refractivity contribution in [1.29, 1.82) is 0 Å². The van der Waals surface area contributed by atoms with Crippen LogP contribution in [0, 0.1) is 11.7 Å². The Bertz CT molecular complexity index is 391. The van der Waals surface area contributed by atoms with E-state index < -0.39 is 0 Å². The van der Waals surface area contributed by atoms with Crippen LogP contribution in [0.3, 0.4) is 0 Å². The molecule has 0 aliphatic heterocycles. The SMILES string of the molecule is CC(C)(C)NCC1CC1c1cc(F)cc(Cl)c1. The zero-order valence-corrected chi connectivity index (χ0v) is 11.3. The standard InChI is InChI=1S/C14H19ClFN/c1-14(2,3)17-8-10-6-13(10)9-4-11(15)7-12(16)5-9/h4-5,7,10,13,17H,6,8H2,1-3H3. The first-order valence-corrected chi connectivity index (χ1v) is 6.44. The van der Waals surface area contributed by atoms with Crippen LogP contribution in [-0.4, -0.2) is 12.1 Å². The van der Waals surface area contributed by atoms with Gasteiger partial charge in [0.15, 0.2) is 0 Å². The summed E-state index contributed by atoms with van der Waals surface area (Å²) < 4.78 is 13.2. The minimum Gasteiger partial charge on any atom is -0.312 e. The molecule has 1 aliphatic rings. The van der Waals surface area contributed by atoms with Gasteiger partial charge >= 0.3 is 0 Å². The molecule has 1 N–H and O–H groups in total. The van der Waals surface area contributed by atoms with Crippen LogP contribution >= 0.6 is 11.6 Å². The van der Waals surface area contributed by atoms with Crippen LogP contribution < -0.4 is 5.32 Å². The second kappa shape index (κ2) is 4.58. The van der Waals surface area contributed by atoms with Gasteiger partial charge in [-0.2, -0.15) is 0 Å². The molecule has 3 heteroatoms. The van der Waals surface area contributed by atoms with Gasteiger partial charge in [0.2, 0.25) is 0 Å². The van der Waals surface area contributed by atoms with Crippen LogP contribution in [0.2, 0.25) is 5.02 Å². The van der Waals surface area contributed by atoms with Crippen molar-refractivity contribution in [2.75, 3.05) is 6.54 Å². The molecule has 0 saturated heterocycles. The molecule has 0 spiro atoms. The molecule has 0 amide bonds. The highest BCUT2D eigenvalue weighted by Crippen LogP contribution is 2.47. The fraction of sp³-hybridized carbons (Fsp3) is 0.571. The van der Waals surface area contributed by atoms with Gasteiger partial charge in [0.1, 0.15) is 5.82 Å². The zero-order valence-electron chi connectivity index (χ0n) is 10.6. The molecular formula is C14H19ClFN. The second-order valence-electron chi connectivity index (χ2n) is 5.94. The van der Waals surface area contributed by atoms with Crippen molar-refractivity contribution < 1.29 is 4.39 Å². The molecule has 1 nitrogen and oxygen atoms in total. The molecule has 1 fully saturated rings. The number of benzene rings is 1. The maximum Gasteiger partial charge on any atom is 0.124 e. The van der Waals surface area contributed by atoms with Crippen LogP contribution in [0.5, 0.6) is 0 Å². The number of hydrogen-bond acceptors (Lipinski definition) is 1. The highest BCUT2D eigenvalue weighted by molar-refractivity contribution is 6.30. The van der Waals surface area contributed by atoms with Crippen molar-refractivity contribution in [1.82, 2.24) is 5.32 Å². The fourth-order valence-electron chi connectivity index (χ4n) is 2.11. The van der Waals surface area contributed by atoms with Crippen molar-refractivity contribution >= 4 is 11.6 Å². The lowest BCUT2D eigenvalue weighted by atomic mass is 10.1. The average Bonchev–Trinajstić information content (AvgIpc) is 2.91. The summed E-state index contributed by atoms with van der Waals surface area (Å²) >= 11 is 5.86. The molecule has 2 unspecified atom stereocenters. The molecule has 1 aliphatic carbocycles. The minimum absolute atomic E-state index is 0.146. The van der Waals surface area contributed by atoms with Gasteiger partial charge in [-0.05, 0) is 69.3 Å². The molecule has 1 aromatic carbocycles. The molecule has 1 aromatic rings. The van der Waals surface area contributed by atoms with Gasteiger partial charge in [0, 0.05) is 10.6 Å². The maximum absolute atomic E-state index is 13.2. The first kappa shape index (κ1) is 12.8. The zero-order chi connectivity index (χ0) is 12.6. The molecule has 0 aromatic heterocycles. The molecule has 1 saturated carbocycles. The van der Waals surface area contributed by atoms with Crippen LogP contribution in [0.4, 0.5) is 4.39 Å². The van der Waals surface area contributed by atoms with E-state index in [1.54, 1.807) is 6.07 Å². The third kappa shape index (κ3) is 3.68. The molecular weight excluding hydrogens is 237 g/mol. The van der Waals surface area contributed by atoms with Crippen LogP contribution in [0.1, 0.15) is 38.7 Å². The van der Waals surface area contributed by atoms with Crippen molar-refractivity contribution in [2.45, 2.75) is 38.6 Å². The highest BCUT2D eigenvalue weighted by atomic mass is 35.5. The summed E-state index contributed by atoms with van der Waals surface area (Å²) in [6.07, 6.45) is 1.13. The van der Waals surface area contributed by atoms with E-state index in [4.69, 9.17) is 11.6 Å². The van der Waals surface area contributed by atoms with Gasteiger partial charge in [-0.25, -0.2) is 4.39 Å². The normalized spacial score (nSPS) is 23.8. The first-order valence-electron chi connectivity index (χ1n) is 6.06. The lowest BCUT2D eigenvalue weighted by Gasteiger charge is -2.20. The van der Waals surface area contributed by atoms with Crippen molar-refractivity contribution in [3.05, 3.63) is 34.6 Å². The number of nitrogens with one attached hydrogen (secondary N) is 1. The summed E-state index contributed by atoms with van der Waals surface area (Å²) in [5.41, 5.74) is 1.18. The number of hydrogen-bond donors (Lipinski definition) is 1. The smallest absolute Gasteiger partial charge is 0.124 e. The Morgan fingerprint density at radius 1 is 1.35 bits per heavy atom. The molecule has 2 rings (SSSR count). The summed E-state index contributed by atoms with van der Waals surface area (Å²) in [5, 5.41) is 3.98. The van der Waals surface area contributed by atoms with Gasteiger partial charge < -0.3 is 5.32 Å². The Balaban J connectivity index is 1.94. The van der Waals surface area contributed by atoms with E-state index >= 15 is 0 Å². The van der Waals surface area contributed by atoms with Gasteiger partial charge in [0.05, 0.1) is 0 Å². The van der Waals surface area contributed by atoms with Crippen LogP contribution in [0.15, 0.2) is 18.2 Å². The third-order valence-corrected chi connectivity index (χ3v) is 3.35. The van der Waals surface area contributed by atoms with E-state index in [1.165, 1.54) is 6.07 Å². The molecule has 94 valence electrons. The predicted molar refractivity (Wildman–Crippen MR) is 70.0 cm³/mol. The van der Waals surface area contributed by atoms with Crippen LogP contribution in [0.25, 0.3) is 0 Å². The number of rotatable bonds is 3. The Labute approximate surface area is 107 Å². The molecule has 2 atom stereocenters. The molecule has 17 heavy (non-hydrogen) atoms. The quantitative estimate of drug-likeness (QED) is 0.862. The summed E-state index contributed by atoms with van der Waals surface area (Å²) in [6.45, 7) is 7.46. The molecule has 0 radical (unpaired) electrons. The van der Waals surface area contributed by atoms with Crippen molar-refractivity contribution in [3.8, 4) is 0 Å². The predicted octanol–water partition coefficient (Wildman–Crippen LogP) is 3.97. The first-order chi connectivity index (χ1) is 7.85. The van der Waals surface area contributed by atoms with Crippen molar-refractivity contribution in [2.24, 2.45) is 5.92 Å². The van der Waals surface area contributed by atoms with Gasteiger partial charge in [-0.1, -0.05) is 11.6 Å². The fourth-order valence-corrected chi connectivity index (χ4v) is 2.34. The van der Waals surface area contributed by atoms with Crippen LogP contribution in [-0.2, 0) is 0 Å². The Hall–Kier alpha value is -0.600. The summed E-state index contributed by atoms with van der Waals surface area (Å²) in [4.78, 5) is 0. The molecule has 0 heterocycles.